The smallest absolute Gasteiger partial charge is 0.270 e. The van der Waals surface area contributed by atoms with Gasteiger partial charge in [0.05, 0.1) is 11.1 Å². The van der Waals surface area contributed by atoms with Crippen LogP contribution in [0.2, 0.25) is 0 Å². The molecule has 3 rings (SSSR count). The van der Waals surface area contributed by atoms with Crippen LogP contribution < -0.4 is 11.5 Å². The van der Waals surface area contributed by atoms with E-state index in [2.05, 4.69) is 0 Å². The van der Waals surface area contributed by atoms with E-state index >= 15 is 0 Å². The number of nitrogen functional groups attached to an aromatic ring is 1. The second-order valence-electron chi connectivity index (χ2n) is 5.59. The van der Waals surface area contributed by atoms with Crippen LogP contribution in [-0.4, -0.2) is 29.2 Å². The van der Waals surface area contributed by atoms with Gasteiger partial charge < -0.3 is 11.5 Å². The monoisotopic (exact) mass is 287 g/mol. The number of amides is 3. The van der Waals surface area contributed by atoms with Gasteiger partial charge in [-0.15, -0.1) is 0 Å². The van der Waals surface area contributed by atoms with Gasteiger partial charge in [-0.1, -0.05) is 12.5 Å². The summed E-state index contributed by atoms with van der Waals surface area (Å²) in [5.41, 5.74) is 12.0. The van der Waals surface area contributed by atoms with E-state index in [1.807, 2.05) is 0 Å². The van der Waals surface area contributed by atoms with Crippen molar-refractivity contribution >= 4 is 23.4 Å². The van der Waals surface area contributed by atoms with Gasteiger partial charge in [0.2, 0.25) is 5.91 Å². The van der Waals surface area contributed by atoms with Gasteiger partial charge in [0.25, 0.3) is 11.8 Å². The highest BCUT2D eigenvalue weighted by atomic mass is 16.2. The fraction of sp³-hybridized carbons (Fsp3) is 0.400. The van der Waals surface area contributed by atoms with Crippen molar-refractivity contribution in [3.63, 3.8) is 0 Å². The summed E-state index contributed by atoms with van der Waals surface area (Å²) in [6.45, 7) is 0.391. The third-order valence-corrected chi connectivity index (χ3v) is 4.45. The van der Waals surface area contributed by atoms with Crippen molar-refractivity contribution in [2.24, 2.45) is 17.6 Å². The number of anilines is 1. The third kappa shape index (κ3) is 1.94. The van der Waals surface area contributed by atoms with Gasteiger partial charge in [-0.3, -0.25) is 14.4 Å². The van der Waals surface area contributed by atoms with Crippen molar-refractivity contribution in [2.75, 3.05) is 12.3 Å². The summed E-state index contributed by atoms with van der Waals surface area (Å²) in [5.74, 6) is -1.93. The van der Waals surface area contributed by atoms with Crippen molar-refractivity contribution < 1.29 is 14.4 Å². The standard InChI is InChI=1S/C15H17N3O3/c16-7-8-3-1-4-9(8)13(19)18-14(20)10-5-2-6-11(17)12(10)15(18)21/h2,5-6,8-9H,1,3-4,7,16-17H2. The molecule has 4 N–H and O–H groups in total. The van der Waals surface area contributed by atoms with Gasteiger partial charge in [-0.25, -0.2) is 4.90 Å². The molecule has 2 aliphatic rings. The summed E-state index contributed by atoms with van der Waals surface area (Å²) in [6, 6.07) is 4.68. The Morgan fingerprint density at radius 3 is 2.67 bits per heavy atom. The average Bonchev–Trinajstić information content (AvgIpc) is 3.03. The normalized spacial score (nSPS) is 24.5. The molecule has 6 heteroatoms. The number of imide groups is 3. The first-order valence-corrected chi connectivity index (χ1v) is 7.07. The quantitative estimate of drug-likeness (QED) is 0.617. The molecule has 6 nitrogen and oxygen atoms in total. The van der Waals surface area contributed by atoms with E-state index in [4.69, 9.17) is 11.5 Å². The Balaban J connectivity index is 1.95. The van der Waals surface area contributed by atoms with Gasteiger partial charge in [0.1, 0.15) is 0 Å². The SMILES string of the molecule is NCC1CCCC1C(=O)N1C(=O)c2cccc(N)c2C1=O. The van der Waals surface area contributed by atoms with Crippen molar-refractivity contribution in [3.8, 4) is 0 Å². The van der Waals surface area contributed by atoms with Crippen LogP contribution in [0.15, 0.2) is 18.2 Å². The number of hydrogen-bond acceptors (Lipinski definition) is 5. The van der Waals surface area contributed by atoms with Crippen molar-refractivity contribution in [1.82, 2.24) is 4.90 Å². The summed E-state index contributed by atoms with van der Waals surface area (Å²) in [6.07, 6.45) is 2.42. The summed E-state index contributed by atoms with van der Waals surface area (Å²) in [5, 5.41) is 0. The molecule has 2 atom stereocenters. The van der Waals surface area contributed by atoms with Crippen LogP contribution >= 0.6 is 0 Å². The summed E-state index contributed by atoms with van der Waals surface area (Å²) in [4.78, 5) is 38.1. The molecular weight excluding hydrogens is 270 g/mol. The van der Waals surface area contributed by atoms with Crippen LogP contribution in [0, 0.1) is 11.8 Å². The number of hydrogen-bond donors (Lipinski definition) is 2. The highest BCUT2D eigenvalue weighted by Crippen LogP contribution is 2.35. The lowest BCUT2D eigenvalue weighted by molar-refractivity contribution is -0.131. The van der Waals surface area contributed by atoms with Gasteiger partial charge in [-0.2, -0.15) is 0 Å². The second kappa shape index (κ2) is 4.96. The molecule has 1 aliphatic heterocycles. The zero-order valence-electron chi connectivity index (χ0n) is 11.5. The minimum Gasteiger partial charge on any atom is -0.398 e. The Bertz CT molecular complexity index is 641. The molecule has 0 bridgehead atoms. The molecule has 0 radical (unpaired) electrons. The first kappa shape index (κ1) is 13.8. The summed E-state index contributed by atoms with van der Waals surface area (Å²) < 4.78 is 0. The number of carbonyl (C=O) groups is 3. The zero-order valence-corrected chi connectivity index (χ0v) is 11.5. The second-order valence-corrected chi connectivity index (χ2v) is 5.59. The molecular formula is C15H17N3O3. The first-order chi connectivity index (χ1) is 10.1. The molecule has 1 heterocycles. The zero-order chi connectivity index (χ0) is 15.1. The maximum absolute atomic E-state index is 12.6. The highest BCUT2D eigenvalue weighted by Gasteiger charge is 2.45. The lowest BCUT2D eigenvalue weighted by Gasteiger charge is -2.21. The highest BCUT2D eigenvalue weighted by molar-refractivity contribution is 6.30. The predicted octanol–water partition coefficient (Wildman–Crippen LogP) is 0.766. The lowest BCUT2D eigenvalue weighted by Crippen LogP contribution is -2.42. The fourth-order valence-corrected chi connectivity index (χ4v) is 3.32. The van der Waals surface area contributed by atoms with Crippen LogP contribution in [-0.2, 0) is 4.79 Å². The summed E-state index contributed by atoms with van der Waals surface area (Å²) >= 11 is 0. The molecule has 1 saturated carbocycles. The van der Waals surface area contributed by atoms with Crippen LogP contribution in [0.1, 0.15) is 40.0 Å². The molecule has 1 aliphatic carbocycles. The van der Waals surface area contributed by atoms with Crippen LogP contribution in [0.5, 0.6) is 0 Å². The van der Waals surface area contributed by atoms with Crippen molar-refractivity contribution in [2.45, 2.75) is 19.3 Å². The predicted molar refractivity (Wildman–Crippen MR) is 76.2 cm³/mol. The van der Waals surface area contributed by atoms with E-state index in [1.54, 1.807) is 12.1 Å². The van der Waals surface area contributed by atoms with Crippen molar-refractivity contribution in [3.05, 3.63) is 29.3 Å². The van der Waals surface area contributed by atoms with E-state index in [1.165, 1.54) is 6.07 Å². The molecule has 0 saturated heterocycles. The van der Waals surface area contributed by atoms with Crippen LogP contribution in [0.3, 0.4) is 0 Å². The molecule has 0 aromatic heterocycles. The van der Waals surface area contributed by atoms with Crippen LogP contribution in [0.4, 0.5) is 5.69 Å². The van der Waals surface area contributed by atoms with Gasteiger partial charge in [0, 0.05) is 11.6 Å². The van der Waals surface area contributed by atoms with E-state index in [0.717, 1.165) is 17.7 Å². The number of fused-ring (bicyclic) bond motifs is 1. The molecule has 1 aromatic rings. The van der Waals surface area contributed by atoms with Gasteiger partial charge in [-0.05, 0) is 37.4 Å². The molecule has 1 aromatic carbocycles. The number of rotatable bonds is 2. The van der Waals surface area contributed by atoms with Crippen LogP contribution in [0.25, 0.3) is 0 Å². The molecule has 1 fully saturated rings. The molecule has 3 amide bonds. The van der Waals surface area contributed by atoms with E-state index in [0.29, 0.717) is 13.0 Å². The molecule has 110 valence electrons. The van der Waals surface area contributed by atoms with Gasteiger partial charge in [0.15, 0.2) is 0 Å². The lowest BCUT2D eigenvalue weighted by atomic mass is 9.95. The average molecular weight is 287 g/mol. The number of nitrogens with two attached hydrogens (primary N) is 2. The fourth-order valence-electron chi connectivity index (χ4n) is 3.32. The maximum atomic E-state index is 12.6. The summed E-state index contributed by atoms with van der Waals surface area (Å²) in [7, 11) is 0. The number of nitrogens with zero attached hydrogens (tertiary/aromatic N) is 1. The van der Waals surface area contributed by atoms with E-state index in [9.17, 15) is 14.4 Å². The first-order valence-electron chi connectivity index (χ1n) is 7.07. The number of benzene rings is 1. The topological polar surface area (TPSA) is 106 Å². The largest absolute Gasteiger partial charge is 0.398 e. The van der Waals surface area contributed by atoms with E-state index < -0.39 is 17.7 Å². The minimum absolute atomic E-state index is 0.0409. The van der Waals surface area contributed by atoms with E-state index in [-0.39, 0.29) is 28.7 Å². The molecule has 21 heavy (non-hydrogen) atoms. The molecule has 2 unspecified atom stereocenters. The number of carbonyl (C=O) groups excluding carboxylic acids is 3. The van der Waals surface area contributed by atoms with Crippen molar-refractivity contribution in [1.29, 1.82) is 0 Å². The maximum Gasteiger partial charge on any atom is 0.270 e. The third-order valence-electron chi connectivity index (χ3n) is 4.45. The Morgan fingerprint density at radius 1 is 1.24 bits per heavy atom. The Kier molecular flexibility index (Phi) is 3.25. The minimum atomic E-state index is -0.610. The Labute approximate surface area is 122 Å². The molecule has 0 spiro atoms. The van der Waals surface area contributed by atoms with Gasteiger partial charge >= 0.3 is 0 Å². The Morgan fingerprint density at radius 2 is 2.00 bits per heavy atom. The Hall–Kier alpha value is -2.21.